The molecule has 0 spiro atoms. The summed E-state index contributed by atoms with van der Waals surface area (Å²) in [5.41, 5.74) is 2.18. The topological polar surface area (TPSA) is 70.7 Å². The Morgan fingerprint density at radius 2 is 2.00 bits per heavy atom. The van der Waals surface area contributed by atoms with Gasteiger partial charge in [0.15, 0.2) is 0 Å². The summed E-state index contributed by atoms with van der Waals surface area (Å²) in [7, 11) is 5.54. The van der Waals surface area contributed by atoms with E-state index in [4.69, 9.17) is 4.74 Å². The summed E-state index contributed by atoms with van der Waals surface area (Å²) in [6.45, 7) is 3.43. The van der Waals surface area contributed by atoms with E-state index in [9.17, 15) is 9.59 Å². The van der Waals surface area contributed by atoms with E-state index in [0.29, 0.717) is 12.1 Å². The van der Waals surface area contributed by atoms with Crippen molar-refractivity contribution >= 4 is 12.0 Å². The number of amides is 2. The molecule has 2 amide bonds. The van der Waals surface area contributed by atoms with E-state index in [1.165, 1.54) is 0 Å². The fraction of sp³-hybridized carbons (Fsp3) is 0.500. The Morgan fingerprint density at radius 1 is 1.27 bits per heavy atom. The molecule has 0 bridgehead atoms. The molecule has 0 fully saturated rings. The molecule has 22 heavy (non-hydrogen) atoms. The zero-order chi connectivity index (χ0) is 16.5. The molecule has 1 aromatic carbocycles. The summed E-state index contributed by atoms with van der Waals surface area (Å²) in [6, 6.07) is 5.42. The zero-order valence-electron chi connectivity index (χ0n) is 13.7. The van der Waals surface area contributed by atoms with Crippen molar-refractivity contribution in [1.82, 2.24) is 15.5 Å². The van der Waals surface area contributed by atoms with Gasteiger partial charge in [-0.15, -0.1) is 0 Å². The molecule has 0 aliphatic carbocycles. The van der Waals surface area contributed by atoms with E-state index in [-0.39, 0.29) is 12.5 Å². The lowest BCUT2D eigenvalue weighted by molar-refractivity contribution is 0.0956. The lowest BCUT2D eigenvalue weighted by Crippen LogP contribution is -2.28. The van der Waals surface area contributed by atoms with E-state index in [0.717, 1.165) is 24.1 Å². The molecule has 6 nitrogen and oxygen atoms in total. The van der Waals surface area contributed by atoms with Gasteiger partial charge in [-0.1, -0.05) is 12.1 Å². The number of nitrogens with one attached hydrogen (secondary N) is 2. The predicted octanol–water partition coefficient (Wildman–Crippen LogP) is 1.53. The number of aryl methyl sites for hydroxylation is 1. The average molecular weight is 307 g/mol. The standard InChI is InChI=1S/C16H25N3O3/c1-12-7-5-8-13(15(20)17-2)14(12)11-22-16(21)18-9-6-10-19(3)4/h5,7-8H,6,9-11H2,1-4H3,(H,17,20)(H,18,21). The highest BCUT2D eigenvalue weighted by atomic mass is 16.5. The first-order valence-electron chi connectivity index (χ1n) is 7.31. The number of carbonyl (C=O) groups excluding carboxylic acids is 2. The molecule has 1 aromatic rings. The van der Waals surface area contributed by atoms with Gasteiger partial charge in [0.05, 0.1) is 0 Å². The molecular weight excluding hydrogens is 282 g/mol. The Balaban J connectivity index is 2.53. The normalized spacial score (nSPS) is 10.4. The van der Waals surface area contributed by atoms with Crippen LogP contribution in [0.4, 0.5) is 4.79 Å². The fourth-order valence-corrected chi connectivity index (χ4v) is 2.02. The monoisotopic (exact) mass is 307 g/mol. The number of alkyl carbamates (subject to hydrolysis) is 1. The summed E-state index contributed by atoms with van der Waals surface area (Å²) in [5.74, 6) is -0.186. The van der Waals surface area contributed by atoms with Gasteiger partial charge in [0, 0.05) is 24.7 Å². The van der Waals surface area contributed by atoms with E-state index in [2.05, 4.69) is 15.5 Å². The lowest BCUT2D eigenvalue weighted by atomic mass is 10.0. The maximum atomic E-state index is 11.8. The van der Waals surface area contributed by atoms with Crippen LogP contribution in [-0.4, -0.2) is 51.1 Å². The summed E-state index contributed by atoms with van der Waals surface area (Å²) >= 11 is 0. The maximum Gasteiger partial charge on any atom is 0.407 e. The van der Waals surface area contributed by atoms with Crippen molar-refractivity contribution in [3.05, 3.63) is 34.9 Å². The van der Waals surface area contributed by atoms with Gasteiger partial charge in [-0.3, -0.25) is 4.79 Å². The van der Waals surface area contributed by atoms with Gasteiger partial charge in [-0.25, -0.2) is 4.79 Å². The first-order valence-corrected chi connectivity index (χ1v) is 7.31. The van der Waals surface area contributed by atoms with Crippen LogP contribution in [0, 0.1) is 6.92 Å². The summed E-state index contributed by atoms with van der Waals surface area (Å²) in [6.07, 6.45) is 0.389. The molecule has 1 rings (SSSR count). The average Bonchev–Trinajstić information content (AvgIpc) is 2.49. The molecule has 122 valence electrons. The van der Waals surface area contributed by atoms with E-state index in [1.54, 1.807) is 13.1 Å². The van der Waals surface area contributed by atoms with Crippen LogP contribution in [0.5, 0.6) is 0 Å². The predicted molar refractivity (Wildman–Crippen MR) is 85.9 cm³/mol. The number of hydrogen-bond acceptors (Lipinski definition) is 4. The Kier molecular flexibility index (Phi) is 7.39. The molecule has 0 radical (unpaired) electrons. The van der Waals surface area contributed by atoms with Crippen molar-refractivity contribution in [3.8, 4) is 0 Å². The Labute approximate surface area is 131 Å². The van der Waals surface area contributed by atoms with Crippen molar-refractivity contribution in [2.45, 2.75) is 20.0 Å². The second-order valence-corrected chi connectivity index (χ2v) is 5.34. The molecule has 2 N–H and O–H groups in total. The third kappa shape index (κ3) is 5.73. The third-order valence-electron chi connectivity index (χ3n) is 3.28. The highest BCUT2D eigenvalue weighted by Crippen LogP contribution is 2.15. The molecule has 0 saturated heterocycles. The highest BCUT2D eigenvalue weighted by molar-refractivity contribution is 5.95. The second kappa shape index (κ2) is 9.04. The zero-order valence-corrected chi connectivity index (χ0v) is 13.7. The minimum absolute atomic E-state index is 0.0783. The van der Waals surface area contributed by atoms with Crippen molar-refractivity contribution in [2.75, 3.05) is 34.2 Å². The molecule has 0 atom stereocenters. The van der Waals surface area contributed by atoms with Crippen LogP contribution in [0.25, 0.3) is 0 Å². The Morgan fingerprint density at radius 3 is 2.64 bits per heavy atom. The fourth-order valence-electron chi connectivity index (χ4n) is 2.02. The van der Waals surface area contributed by atoms with Gasteiger partial charge in [-0.2, -0.15) is 0 Å². The Hall–Kier alpha value is -2.08. The van der Waals surface area contributed by atoms with Crippen LogP contribution in [0.3, 0.4) is 0 Å². The van der Waals surface area contributed by atoms with Gasteiger partial charge in [0.2, 0.25) is 0 Å². The summed E-state index contributed by atoms with van der Waals surface area (Å²) in [5, 5.41) is 5.29. The lowest BCUT2D eigenvalue weighted by Gasteiger charge is -2.13. The van der Waals surface area contributed by atoms with Gasteiger partial charge in [-0.05, 0) is 45.6 Å². The first kappa shape index (κ1) is 18.0. The molecule has 0 saturated carbocycles. The molecule has 6 heteroatoms. The van der Waals surface area contributed by atoms with Crippen LogP contribution in [0.2, 0.25) is 0 Å². The van der Waals surface area contributed by atoms with Gasteiger partial charge in [0.25, 0.3) is 5.91 Å². The number of ether oxygens (including phenoxy) is 1. The largest absolute Gasteiger partial charge is 0.445 e. The Bertz CT molecular complexity index is 515. The van der Waals surface area contributed by atoms with Crippen LogP contribution < -0.4 is 10.6 Å². The van der Waals surface area contributed by atoms with Gasteiger partial charge < -0.3 is 20.3 Å². The highest BCUT2D eigenvalue weighted by Gasteiger charge is 2.13. The van der Waals surface area contributed by atoms with Gasteiger partial charge in [0.1, 0.15) is 6.61 Å². The number of hydrogen-bond donors (Lipinski definition) is 2. The van der Waals surface area contributed by atoms with Crippen LogP contribution in [0.15, 0.2) is 18.2 Å². The maximum absolute atomic E-state index is 11.8. The molecule has 0 unspecified atom stereocenters. The smallest absolute Gasteiger partial charge is 0.407 e. The van der Waals surface area contributed by atoms with Gasteiger partial charge >= 0.3 is 6.09 Å². The SMILES string of the molecule is CNC(=O)c1cccc(C)c1COC(=O)NCCCN(C)C. The van der Waals surface area contributed by atoms with Crippen molar-refractivity contribution in [2.24, 2.45) is 0 Å². The van der Waals surface area contributed by atoms with Crippen molar-refractivity contribution in [1.29, 1.82) is 0 Å². The second-order valence-electron chi connectivity index (χ2n) is 5.34. The molecule has 0 aromatic heterocycles. The van der Waals surface area contributed by atoms with Crippen LogP contribution in [0.1, 0.15) is 27.9 Å². The summed E-state index contributed by atoms with van der Waals surface area (Å²) < 4.78 is 5.21. The van der Waals surface area contributed by atoms with E-state index in [1.807, 2.05) is 33.2 Å². The molecular formula is C16H25N3O3. The number of benzene rings is 1. The number of nitrogens with zero attached hydrogens (tertiary/aromatic N) is 1. The van der Waals surface area contributed by atoms with E-state index < -0.39 is 6.09 Å². The number of carbonyl (C=O) groups is 2. The van der Waals surface area contributed by atoms with Crippen LogP contribution >= 0.6 is 0 Å². The van der Waals surface area contributed by atoms with E-state index >= 15 is 0 Å². The van der Waals surface area contributed by atoms with Crippen LogP contribution in [-0.2, 0) is 11.3 Å². The molecule has 0 aliphatic rings. The molecule has 0 aliphatic heterocycles. The quantitative estimate of drug-likeness (QED) is 0.750. The summed E-state index contributed by atoms with van der Waals surface area (Å²) in [4.78, 5) is 25.6. The third-order valence-corrected chi connectivity index (χ3v) is 3.28. The first-order chi connectivity index (χ1) is 10.5. The van der Waals surface area contributed by atoms with Crippen molar-refractivity contribution < 1.29 is 14.3 Å². The van der Waals surface area contributed by atoms with Crippen molar-refractivity contribution in [3.63, 3.8) is 0 Å². The molecule has 0 heterocycles. The minimum atomic E-state index is -0.468. The minimum Gasteiger partial charge on any atom is -0.445 e. The number of rotatable bonds is 7.